The van der Waals surface area contributed by atoms with Crippen molar-refractivity contribution in [2.75, 3.05) is 17.7 Å². The van der Waals surface area contributed by atoms with Crippen molar-refractivity contribution in [3.05, 3.63) is 59.7 Å². The van der Waals surface area contributed by atoms with E-state index in [-0.39, 0.29) is 6.04 Å². The monoisotopic (exact) mass is 251 g/mol. The standard InChI is InChI=1S/C16H17N3/c1-12(14-6-8-15(18)9-7-14)19(2)16-5-3-4-13(10-16)11-17/h3-10,12H,18H2,1-2H3. The van der Waals surface area contributed by atoms with Crippen LogP contribution in [0, 0.1) is 11.3 Å². The molecule has 0 aliphatic heterocycles. The lowest BCUT2D eigenvalue weighted by Crippen LogP contribution is -2.21. The fourth-order valence-electron chi connectivity index (χ4n) is 2.02. The van der Waals surface area contributed by atoms with Crippen LogP contribution in [0.1, 0.15) is 24.1 Å². The molecule has 2 aromatic rings. The number of hydrogen-bond donors (Lipinski definition) is 1. The van der Waals surface area contributed by atoms with Gasteiger partial charge in [-0.2, -0.15) is 5.26 Å². The van der Waals surface area contributed by atoms with Crippen molar-refractivity contribution in [1.82, 2.24) is 0 Å². The molecule has 0 spiro atoms. The summed E-state index contributed by atoms with van der Waals surface area (Å²) < 4.78 is 0. The Kier molecular flexibility index (Phi) is 3.72. The van der Waals surface area contributed by atoms with Gasteiger partial charge >= 0.3 is 0 Å². The number of benzene rings is 2. The van der Waals surface area contributed by atoms with E-state index in [1.54, 1.807) is 0 Å². The van der Waals surface area contributed by atoms with E-state index in [4.69, 9.17) is 11.0 Å². The summed E-state index contributed by atoms with van der Waals surface area (Å²) in [7, 11) is 2.03. The largest absolute Gasteiger partial charge is 0.399 e. The molecule has 0 aliphatic carbocycles. The highest BCUT2D eigenvalue weighted by atomic mass is 15.1. The van der Waals surface area contributed by atoms with Gasteiger partial charge < -0.3 is 10.6 Å². The van der Waals surface area contributed by atoms with Crippen LogP contribution in [0.2, 0.25) is 0 Å². The summed E-state index contributed by atoms with van der Waals surface area (Å²) in [4.78, 5) is 2.15. The van der Waals surface area contributed by atoms with Crippen LogP contribution < -0.4 is 10.6 Å². The van der Waals surface area contributed by atoms with Gasteiger partial charge in [0.2, 0.25) is 0 Å². The summed E-state index contributed by atoms with van der Waals surface area (Å²) in [6.45, 7) is 2.13. The Bertz CT molecular complexity index is 596. The first-order valence-corrected chi connectivity index (χ1v) is 6.20. The maximum absolute atomic E-state index is 8.95. The number of nitrogens with two attached hydrogens (primary N) is 1. The van der Waals surface area contributed by atoms with Crippen molar-refractivity contribution in [2.24, 2.45) is 0 Å². The average Bonchev–Trinajstić information content (AvgIpc) is 2.46. The third kappa shape index (κ3) is 2.86. The molecule has 3 heteroatoms. The minimum absolute atomic E-state index is 0.217. The molecule has 0 saturated heterocycles. The molecule has 1 unspecified atom stereocenters. The fraction of sp³-hybridized carbons (Fsp3) is 0.188. The van der Waals surface area contributed by atoms with Crippen molar-refractivity contribution in [2.45, 2.75) is 13.0 Å². The van der Waals surface area contributed by atoms with Crippen LogP contribution in [0.4, 0.5) is 11.4 Å². The minimum atomic E-state index is 0.217. The zero-order chi connectivity index (χ0) is 13.8. The number of hydrogen-bond acceptors (Lipinski definition) is 3. The van der Waals surface area contributed by atoms with Gasteiger partial charge in [0.1, 0.15) is 0 Å². The van der Waals surface area contributed by atoms with Gasteiger partial charge in [-0.1, -0.05) is 18.2 Å². The number of nitriles is 1. The second kappa shape index (κ2) is 5.45. The maximum Gasteiger partial charge on any atom is 0.0992 e. The first-order valence-electron chi connectivity index (χ1n) is 6.20. The molecular weight excluding hydrogens is 234 g/mol. The van der Waals surface area contributed by atoms with Crippen LogP contribution in [-0.2, 0) is 0 Å². The molecule has 0 fully saturated rings. The number of nitrogens with zero attached hydrogens (tertiary/aromatic N) is 2. The molecule has 0 saturated carbocycles. The highest BCUT2D eigenvalue weighted by Crippen LogP contribution is 2.26. The van der Waals surface area contributed by atoms with Gasteiger partial charge in [-0.3, -0.25) is 0 Å². The number of anilines is 2. The number of nitrogen functional groups attached to an aromatic ring is 1. The topological polar surface area (TPSA) is 53.0 Å². The van der Waals surface area contributed by atoms with E-state index in [2.05, 4.69) is 17.9 Å². The predicted molar refractivity (Wildman–Crippen MR) is 78.8 cm³/mol. The van der Waals surface area contributed by atoms with Crippen LogP contribution in [0.25, 0.3) is 0 Å². The van der Waals surface area contributed by atoms with Gasteiger partial charge in [0, 0.05) is 18.4 Å². The molecule has 96 valence electrons. The minimum Gasteiger partial charge on any atom is -0.399 e. The van der Waals surface area contributed by atoms with Gasteiger partial charge in [-0.05, 0) is 42.8 Å². The van der Waals surface area contributed by atoms with Crippen molar-refractivity contribution in [1.29, 1.82) is 5.26 Å². The third-order valence-electron chi connectivity index (χ3n) is 3.38. The molecular formula is C16H17N3. The molecule has 0 heterocycles. The molecule has 0 radical (unpaired) electrons. The number of rotatable bonds is 3. The lowest BCUT2D eigenvalue weighted by Gasteiger charge is -2.27. The maximum atomic E-state index is 8.95. The zero-order valence-electron chi connectivity index (χ0n) is 11.2. The third-order valence-corrected chi connectivity index (χ3v) is 3.38. The van der Waals surface area contributed by atoms with Crippen molar-refractivity contribution in [3.63, 3.8) is 0 Å². The van der Waals surface area contributed by atoms with Gasteiger partial charge in [0.15, 0.2) is 0 Å². The van der Waals surface area contributed by atoms with Crippen molar-refractivity contribution in [3.8, 4) is 6.07 Å². The molecule has 19 heavy (non-hydrogen) atoms. The van der Waals surface area contributed by atoms with Gasteiger partial charge in [0.05, 0.1) is 17.7 Å². The molecule has 0 aromatic heterocycles. The summed E-state index contributed by atoms with van der Waals surface area (Å²) in [6, 6.07) is 17.9. The lowest BCUT2D eigenvalue weighted by molar-refractivity contribution is 0.740. The average molecular weight is 251 g/mol. The molecule has 1 atom stereocenters. The quantitative estimate of drug-likeness (QED) is 0.851. The molecule has 3 nitrogen and oxygen atoms in total. The summed E-state index contributed by atoms with van der Waals surface area (Å²) in [5, 5.41) is 8.95. The van der Waals surface area contributed by atoms with Gasteiger partial charge in [-0.25, -0.2) is 0 Å². The van der Waals surface area contributed by atoms with Crippen LogP contribution in [-0.4, -0.2) is 7.05 Å². The zero-order valence-corrected chi connectivity index (χ0v) is 11.2. The molecule has 0 aliphatic rings. The first-order chi connectivity index (χ1) is 9.11. The second-order valence-corrected chi connectivity index (χ2v) is 4.62. The van der Waals surface area contributed by atoms with E-state index in [1.165, 1.54) is 5.56 Å². The highest BCUT2D eigenvalue weighted by molar-refractivity contribution is 5.53. The Morgan fingerprint density at radius 3 is 2.47 bits per heavy atom. The van der Waals surface area contributed by atoms with Crippen LogP contribution in [0.15, 0.2) is 48.5 Å². The van der Waals surface area contributed by atoms with Crippen LogP contribution in [0.3, 0.4) is 0 Å². The van der Waals surface area contributed by atoms with Crippen LogP contribution >= 0.6 is 0 Å². The lowest BCUT2D eigenvalue weighted by atomic mass is 10.1. The normalized spacial score (nSPS) is 11.6. The van der Waals surface area contributed by atoms with Gasteiger partial charge in [0.25, 0.3) is 0 Å². The Morgan fingerprint density at radius 1 is 1.16 bits per heavy atom. The van der Waals surface area contributed by atoms with E-state index in [0.717, 1.165) is 11.4 Å². The van der Waals surface area contributed by atoms with E-state index in [9.17, 15) is 0 Å². The summed E-state index contributed by atoms with van der Waals surface area (Å²) in [5.41, 5.74) is 9.37. The summed E-state index contributed by atoms with van der Waals surface area (Å²) >= 11 is 0. The smallest absolute Gasteiger partial charge is 0.0992 e. The van der Waals surface area contributed by atoms with Crippen molar-refractivity contribution < 1.29 is 0 Å². The highest BCUT2D eigenvalue weighted by Gasteiger charge is 2.12. The molecule has 2 aromatic carbocycles. The Balaban J connectivity index is 2.25. The van der Waals surface area contributed by atoms with E-state index in [0.29, 0.717) is 5.56 Å². The molecule has 0 amide bonds. The van der Waals surface area contributed by atoms with Crippen molar-refractivity contribution >= 4 is 11.4 Å². The fourth-order valence-corrected chi connectivity index (χ4v) is 2.02. The summed E-state index contributed by atoms with van der Waals surface area (Å²) in [6.07, 6.45) is 0. The van der Waals surface area contributed by atoms with E-state index in [1.807, 2.05) is 55.6 Å². The Morgan fingerprint density at radius 2 is 1.84 bits per heavy atom. The predicted octanol–water partition coefficient (Wildman–Crippen LogP) is 3.34. The second-order valence-electron chi connectivity index (χ2n) is 4.62. The first kappa shape index (κ1) is 13.0. The SMILES string of the molecule is CC(c1ccc(N)cc1)N(C)c1cccc(C#N)c1. The van der Waals surface area contributed by atoms with Gasteiger partial charge in [-0.15, -0.1) is 0 Å². The van der Waals surface area contributed by atoms with Crippen LogP contribution in [0.5, 0.6) is 0 Å². The Hall–Kier alpha value is -2.47. The van der Waals surface area contributed by atoms with E-state index >= 15 is 0 Å². The molecule has 2 rings (SSSR count). The molecule has 0 bridgehead atoms. The summed E-state index contributed by atoms with van der Waals surface area (Å²) in [5.74, 6) is 0. The van der Waals surface area contributed by atoms with E-state index < -0.39 is 0 Å². The Labute approximate surface area is 113 Å². The molecule has 2 N–H and O–H groups in total.